The van der Waals surface area contributed by atoms with E-state index in [0.717, 1.165) is 0 Å². The summed E-state index contributed by atoms with van der Waals surface area (Å²) in [6.45, 7) is 4.77. The summed E-state index contributed by atoms with van der Waals surface area (Å²) in [6.07, 6.45) is 13.1. The number of rotatable bonds is 3. The number of benzene rings is 2. The van der Waals surface area contributed by atoms with Gasteiger partial charge in [0.1, 0.15) is 0 Å². The van der Waals surface area contributed by atoms with Crippen molar-refractivity contribution in [1.29, 1.82) is 0 Å². The predicted octanol–water partition coefficient (Wildman–Crippen LogP) is 4.60. The van der Waals surface area contributed by atoms with E-state index < -0.39 is 7.92 Å². The molecule has 122 valence electrons. The highest BCUT2D eigenvalue weighted by molar-refractivity contribution is 7.79. The number of nitrogens with zero attached hydrogens (tertiary/aromatic N) is 1. The molecule has 3 heteroatoms. The van der Waals surface area contributed by atoms with Crippen LogP contribution in [0.25, 0.3) is 0 Å². The largest absolute Gasteiger partial charge is 0.389 e. The molecule has 0 amide bonds. The normalized spacial score (nSPS) is 15.6. The second-order valence-corrected chi connectivity index (χ2v) is 8.61. The molecule has 0 spiro atoms. The second kappa shape index (κ2) is 6.90. The molecule has 2 aromatic carbocycles. The van der Waals surface area contributed by atoms with Crippen molar-refractivity contribution in [3.63, 3.8) is 0 Å². The number of hydrogen-bond donors (Lipinski definition) is 0. The summed E-state index contributed by atoms with van der Waals surface area (Å²) >= 11 is 0. The van der Waals surface area contributed by atoms with Crippen LogP contribution >= 0.6 is 7.92 Å². The van der Waals surface area contributed by atoms with Crippen LogP contribution in [0.3, 0.4) is 0 Å². The van der Waals surface area contributed by atoms with Crippen LogP contribution in [0.1, 0.15) is 11.1 Å². The Balaban J connectivity index is 1.90. The van der Waals surface area contributed by atoms with Gasteiger partial charge in [-0.1, -0.05) is 66.7 Å². The van der Waals surface area contributed by atoms with Gasteiger partial charge in [0.15, 0.2) is 0 Å². The minimum atomic E-state index is -0.571. The van der Waals surface area contributed by atoms with Crippen molar-refractivity contribution in [2.75, 3.05) is 0 Å². The summed E-state index contributed by atoms with van der Waals surface area (Å²) in [5.41, 5.74) is 2.74. The summed E-state index contributed by atoms with van der Waals surface area (Å²) in [5.74, 6) is 2.31. The predicted molar refractivity (Wildman–Crippen MR) is 112 cm³/mol. The fourth-order valence-corrected chi connectivity index (χ4v) is 6.35. The molecular formula is C22H21BNP. The van der Waals surface area contributed by atoms with Gasteiger partial charge in [-0.3, -0.25) is 0 Å². The van der Waals surface area contributed by atoms with Crippen LogP contribution in [0.2, 0.25) is 0 Å². The highest BCUT2D eigenvalue weighted by Gasteiger charge is 2.33. The zero-order valence-corrected chi connectivity index (χ0v) is 15.5. The van der Waals surface area contributed by atoms with E-state index in [-0.39, 0.29) is 0 Å². The number of hydrogen-bond acceptors (Lipinski definition) is 1. The maximum atomic E-state index is 2.33. The molecule has 0 aliphatic carbocycles. The molecule has 0 saturated carbocycles. The first-order valence-corrected chi connectivity index (χ1v) is 10.0. The lowest BCUT2D eigenvalue weighted by molar-refractivity contribution is 0.789. The maximum Gasteiger partial charge on any atom is 0.320 e. The van der Waals surface area contributed by atoms with Crippen LogP contribution in [0.5, 0.6) is 0 Å². The maximum absolute atomic E-state index is 2.33. The van der Waals surface area contributed by atoms with E-state index in [4.69, 9.17) is 0 Å². The van der Waals surface area contributed by atoms with Crippen molar-refractivity contribution in [3.05, 3.63) is 108 Å². The Morgan fingerprint density at radius 3 is 2.00 bits per heavy atom. The fraction of sp³-hybridized carbons (Fsp3) is 0.0909. The summed E-state index contributed by atoms with van der Waals surface area (Å²) < 4.78 is 0. The Morgan fingerprint density at radius 1 is 0.760 bits per heavy atom. The lowest BCUT2D eigenvalue weighted by Crippen LogP contribution is -2.37. The Labute approximate surface area is 151 Å². The molecule has 0 unspecified atom stereocenters. The third kappa shape index (κ3) is 3.03. The SMILES string of the molecule is Cc1ccccc1P(C1=CC=CN2C=CC=CB12)c1ccccc1C. The molecule has 0 fully saturated rings. The molecule has 4 rings (SSSR count). The lowest BCUT2D eigenvalue weighted by atomic mass is 9.58. The van der Waals surface area contributed by atoms with Gasteiger partial charge in [-0.25, -0.2) is 0 Å². The number of allylic oxidation sites excluding steroid dienone is 4. The molecule has 2 aliphatic heterocycles. The smallest absolute Gasteiger partial charge is 0.320 e. The first kappa shape index (κ1) is 16.2. The summed E-state index contributed by atoms with van der Waals surface area (Å²) in [7, 11) is -0.571. The van der Waals surface area contributed by atoms with E-state index in [1.54, 1.807) is 0 Å². The van der Waals surface area contributed by atoms with Crippen LogP contribution < -0.4 is 10.6 Å². The Bertz CT molecular complexity index is 864. The van der Waals surface area contributed by atoms with Gasteiger partial charge < -0.3 is 4.81 Å². The van der Waals surface area contributed by atoms with Crippen molar-refractivity contribution in [3.8, 4) is 0 Å². The Morgan fingerprint density at radius 2 is 1.36 bits per heavy atom. The van der Waals surface area contributed by atoms with E-state index in [9.17, 15) is 0 Å². The number of aryl methyl sites for hydroxylation is 2. The average molecular weight is 341 g/mol. The van der Waals surface area contributed by atoms with Gasteiger partial charge in [0.2, 0.25) is 0 Å². The van der Waals surface area contributed by atoms with Crippen molar-refractivity contribution in [1.82, 2.24) is 4.81 Å². The zero-order valence-electron chi connectivity index (χ0n) is 14.6. The lowest BCUT2D eigenvalue weighted by Gasteiger charge is -2.34. The molecular weight excluding hydrogens is 320 g/mol. The number of fused-ring (bicyclic) bond motifs is 1. The van der Waals surface area contributed by atoms with Gasteiger partial charge in [-0.05, 0) is 73.3 Å². The first-order valence-electron chi connectivity index (χ1n) is 8.68. The molecule has 25 heavy (non-hydrogen) atoms. The van der Waals surface area contributed by atoms with Crippen molar-refractivity contribution >= 4 is 25.4 Å². The van der Waals surface area contributed by atoms with Crippen LogP contribution in [0, 0.1) is 13.8 Å². The van der Waals surface area contributed by atoms with Gasteiger partial charge in [0, 0.05) is 0 Å². The second-order valence-electron chi connectivity index (χ2n) is 6.46. The standard InChI is InChI=1S/C22H21BNP/c1-18-10-3-5-12-20(18)25(21-13-6-4-11-19(21)2)22-14-9-17-24-16-8-7-15-23(22)24/h3-17H,1-2H3. The van der Waals surface area contributed by atoms with E-state index in [2.05, 4.69) is 110 Å². The molecule has 2 aliphatic rings. The van der Waals surface area contributed by atoms with Gasteiger partial charge in [0.05, 0.1) is 0 Å². The summed E-state index contributed by atoms with van der Waals surface area (Å²) in [6, 6.07) is 17.7. The summed E-state index contributed by atoms with van der Waals surface area (Å²) in [5, 5.41) is 4.40. The topological polar surface area (TPSA) is 3.24 Å². The van der Waals surface area contributed by atoms with E-state index in [1.807, 2.05) is 0 Å². The van der Waals surface area contributed by atoms with E-state index in [0.29, 0.717) is 6.85 Å². The molecule has 1 nitrogen and oxygen atoms in total. The Kier molecular flexibility index (Phi) is 4.47. The van der Waals surface area contributed by atoms with Crippen LogP contribution in [0.15, 0.2) is 96.4 Å². The molecule has 0 saturated heterocycles. The Hall–Kier alpha value is -2.31. The van der Waals surface area contributed by atoms with Gasteiger partial charge in [-0.2, -0.15) is 0 Å². The minimum Gasteiger partial charge on any atom is -0.389 e. The summed E-state index contributed by atoms with van der Waals surface area (Å²) in [4.78, 5) is 2.31. The molecule has 0 bridgehead atoms. The van der Waals surface area contributed by atoms with Gasteiger partial charge >= 0.3 is 6.85 Å². The first-order chi connectivity index (χ1) is 12.3. The van der Waals surface area contributed by atoms with Crippen LogP contribution in [-0.4, -0.2) is 11.7 Å². The van der Waals surface area contributed by atoms with Gasteiger partial charge in [-0.15, -0.1) is 0 Å². The molecule has 0 radical (unpaired) electrons. The van der Waals surface area contributed by atoms with E-state index in [1.165, 1.54) is 26.9 Å². The molecule has 2 aromatic rings. The van der Waals surface area contributed by atoms with Crippen molar-refractivity contribution in [2.24, 2.45) is 0 Å². The minimum absolute atomic E-state index is 0.306. The highest BCUT2D eigenvalue weighted by atomic mass is 31.1. The third-order valence-corrected chi connectivity index (χ3v) is 7.68. The van der Waals surface area contributed by atoms with Crippen molar-refractivity contribution in [2.45, 2.75) is 13.8 Å². The molecule has 0 atom stereocenters. The van der Waals surface area contributed by atoms with E-state index >= 15 is 0 Å². The van der Waals surface area contributed by atoms with Crippen LogP contribution in [-0.2, 0) is 0 Å². The monoisotopic (exact) mass is 341 g/mol. The van der Waals surface area contributed by atoms with Gasteiger partial charge in [0.25, 0.3) is 0 Å². The molecule has 0 aromatic heterocycles. The molecule has 2 heterocycles. The highest BCUT2D eigenvalue weighted by Crippen LogP contribution is 2.47. The molecule has 0 N–H and O–H groups in total. The third-order valence-electron chi connectivity index (χ3n) is 4.78. The fourth-order valence-electron chi connectivity index (χ4n) is 3.49. The van der Waals surface area contributed by atoms with Crippen LogP contribution in [0.4, 0.5) is 0 Å². The quantitative estimate of drug-likeness (QED) is 0.582. The zero-order chi connectivity index (χ0) is 17.2. The van der Waals surface area contributed by atoms with Crippen molar-refractivity contribution < 1.29 is 0 Å². The average Bonchev–Trinajstić information content (AvgIpc) is 2.65.